The Hall–Kier alpha value is -1.30. The summed E-state index contributed by atoms with van der Waals surface area (Å²) in [7, 11) is 0. The van der Waals surface area contributed by atoms with Gasteiger partial charge in [-0.1, -0.05) is 18.1 Å². The Labute approximate surface area is 96.7 Å². The van der Waals surface area contributed by atoms with E-state index in [-0.39, 0.29) is 0 Å². The number of hydrogen-bond acceptors (Lipinski definition) is 2. The molecule has 0 spiro atoms. The average Bonchev–Trinajstić information content (AvgIpc) is 2.29. The van der Waals surface area contributed by atoms with Crippen LogP contribution in [0.5, 0.6) is 0 Å². The van der Waals surface area contributed by atoms with Gasteiger partial charge in [0.2, 0.25) is 0 Å². The maximum Gasteiger partial charge on any atom is 0.0812 e. The summed E-state index contributed by atoms with van der Waals surface area (Å²) in [5, 5.41) is 13.6. The molecule has 2 heteroatoms. The van der Waals surface area contributed by atoms with Gasteiger partial charge in [0, 0.05) is 18.5 Å². The molecular formula is C14H17NO. The van der Waals surface area contributed by atoms with Gasteiger partial charge in [-0.25, -0.2) is 0 Å². The molecule has 2 N–H and O–H groups in total. The Kier molecular flexibility index (Phi) is 3.28. The second-order valence-electron chi connectivity index (χ2n) is 4.53. The number of β-amino-alcohol motifs (C(OH)–C–C–N with tert-alkyl or cyclic N) is 1. The van der Waals surface area contributed by atoms with Crippen molar-refractivity contribution in [3.63, 3.8) is 0 Å². The number of nitrogens with one attached hydrogen (secondary N) is 1. The largest absolute Gasteiger partial charge is 0.388 e. The van der Waals surface area contributed by atoms with Crippen molar-refractivity contribution < 1.29 is 5.11 Å². The van der Waals surface area contributed by atoms with Crippen molar-refractivity contribution in [3.05, 3.63) is 35.4 Å². The van der Waals surface area contributed by atoms with Gasteiger partial charge in [0.1, 0.15) is 0 Å². The van der Waals surface area contributed by atoms with Crippen LogP contribution in [0.4, 0.5) is 0 Å². The second-order valence-corrected chi connectivity index (χ2v) is 4.53. The summed E-state index contributed by atoms with van der Waals surface area (Å²) >= 11 is 0. The molecule has 0 amide bonds. The monoisotopic (exact) mass is 215 g/mol. The van der Waals surface area contributed by atoms with Crippen LogP contribution in [0.15, 0.2) is 24.3 Å². The first-order valence-corrected chi connectivity index (χ1v) is 5.70. The lowest BCUT2D eigenvalue weighted by Gasteiger charge is -2.32. The van der Waals surface area contributed by atoms with Crippen LogP contribution in [0.1, 0.15) is 24.0 Å². The first-order chi connectivity index (χ1) is 7.72. The number of piperidine rings is 1. The zero-order valence-corrected chi connectivity index (χ0v) is 9.37. The number of hydrogen-bond donors (Lipinski definition) is 2. The van der Waals surface area contributed by atoms with E-state index in [0.717, 1.165) is 30.5 Å². The lowest BCUT2D eigenvalue weighted by Crippen LogP contribution is -2.47. The highest BCUT2D eigenvalue weighted by molar-refractivity contribution is 5.35. The maximum atomic E-state index is 10.4. The van der Waals surface area contributed by atoms with E-state index in [0.29, 0.717) is 13.0 Å². The minimum Gasteiger partial charge on any atom is -0.388 e. The predicted octanol–water partition coefficient (Wildman–Crippen LogP) is 1.32. The van der Waals surface area contributed by atoms with E-state index in [2.05, 4.69) is 11.2 Å². The molecule has 0 saturated carbocycles. The molecule has 84 valence electrons. The molecule has 2 nitrogen and oxygen atoms in total. The van der Waals surface area contributed by atoms with Crippen LogP contribution >= 0.6 is 0 Å². The van der Waals surface area contributed by atoms with E-state index in [1.165, 1.54) is 0 Å². The predicted molar refractivity (Wildman–Crippen MR) is 65.1 cm³/mol. The summed E-state index contributed by atoms with van der Waals surface area (Å²) < 4.78 is 0. The van der Waals surface area contributed by atoms with Gasteiger partial charge in [0.15, 0.2) is 0 Å². The van der Waals surface area contributed by atoms with Crippen molar-refractivity contribution in [1.29, 1.82) is 0 Å². The first kappa shape index (κ1) is 11.2. The van der Waals surface area contributed by atoms with Gasteiger partial charge in [-0.3, -0.25) is 0 Å². The molecule has 16 heavy (non-hydrogen) atoms. The Morgan fingerprint density at radius 1 is 1.50 bits per heavy atom. The Balaban J connectivity index is 2.10. The van der Waals surface area contributed by atoms with Crippen molar-refractivity contribution in [1.82, 2.24) is 5.32 Å². The maximum absolute atomic E-state index is 10.4. The summed E-state index contributed by atoms with van der Waals surface area (Å²) in [6.45, 7) is 1.68. The smallest absolute Gasteiger partial charge is 0.0812 e. The van der Waals surface area contributed by atoms with Crippen LogP contribution in [0.25, 0.3) is 0 Å². The van der Waals surface area contributed by atoms with Crippen molar-refractivity contribution in [2.75, 3.05) is 13.1 Å². The lowest BCUT2D eigenvalue weighted by atomic mass is 9.87. The molecule has 0 bridgehead atoms. The molecule has 1 saturated heterocycles. The van der Waals surface area contributed by atoms with Crippen molar-refractivity contribution >= 4 is 0 Å². The third-order valence-corrected chi connectivity index (χ3v) is 3.08. The highest BCUT2D eigenvalue weighted by Crippen LogP contribution is 2.21. The molecule has 1 fully saturated rings. The lowest BCUT2D eigenvalue weighted by molar-refractivity contribution is 0.0169. The summed E-state index contributed by atoms with van der Waals surface area (Å²) in [6.07, 6.45) is 7.93. The van der Waals surface area contributed by atoms with E-state index in [4.69, 9.17) is 6.42 Å². The number of terminal acetylenes is 1. The fourth-order valence-electron chi connectivity index (χ4n) is 2.25. The normalized spacial score (nSPS) is 25.0. The zero-order valence-electron chi connectivity index (χ0n) is 9.37. The Morgan fingerprint density at radius 2 is 2.38 bits per heavy atom. The van der Waals surface area contributed by atoms with Crippen molar-refractivity contribution in [3.8, 4) is 12.3 Å². The number of aliphatic hydroxyl groups is 1. The molecular weight excluding hydrogens is 198 g/mol. The van der Waals surface area contributed by atoms with Gasteiger partial charge in [0.05, 0.1) is 5.60 Å². The van der Waals surface area contributed by atoms with Crippen LogP contribution in [0.3, 0.4) is 0 Å². The molecule has 1 aliphatic heterocycles. The van der Waals surface area contributed by atoms with Crippen molar-refractivity contribution in [2.24, 2.45) is 0 Å². The van der Waals surface area contributed by atoms with Crippen LogP contribution in [0.2, 0.25) is 0 Å². The Bertz CT molecular complexity index is 399. The molecule has 1 unspecified atom stereocenters. The minimum atomic E-state index is -0.606. The first-order valence-electron chi connectivity index (χ1n) is 5.70. The molecule has 0 aliphatic carbocycles. The summed E-state index contributed by atoms with van der Waals surface area (Å²) in [5.74, 6) is 2.62. The van der Waals surface area contributed by atoms with E-state index in [1.54, 1.807) is 0 Å². The second kappa shape index (κ2) is 4.69. The van der Waals surface area contributed by atoms with Gasteiger partial charge >= 0.3 is 0 Å². The third-order valence-electron chi connectivity index (χ3n) is 3.08. The van der Waals surface area contributed by atoms with Crippen LogP contribution in [0, 0.1) is 12.3 Å². The van der Waals surface area contributed by atoms with Gasteiger partial charge < -0.3 is 10.4 Å². The van der Waals surface area contributed by atoms with E-state index < -0.39 is 5.60 Å². The van der Waals surface area contributed by atoms with E-state index in [9.17, 15) is 5.11 Å². The molecule has 1 aromatic rings. The summed E-state index contributed by atoms with van der Waals surface area (Å²) in [6, 6.07) is 7.86. The molecule has 1 atom stereocenters. The molecule has 1 heterocycles. The SMILES string of the molecule is C#Cc1cccc(CC2(O)CCCNC2)c1. The molecule has 2 rings (SSSR count). The van der Waals surface area contributed by atoms with Gasteiger partial charge in [-0.15, -0.1) is 6.42 Å². The molecule has 0 aromatic heterocycles. The fraction of sp³-hybridized carbons (Fsp3) is 0.429. The highest BCUT2D eigenvalue weighted by atomic mass is 16.3. The third kappa shape index (κ3) is 2.63. The quantitative estimate of drug-likeness (QED) is 0.729. The van der Waals surface area contributed by atoms with Gasteiger partial charge in [0.25, 0.3) is 0 Å². The van der Waals surface area contributed by atoms with Crippen molar-refractivity contribution in [2.45, 2.75) is 24.9 Å². The minimum absolute atomic E-state index is 0.606. The Morgan fingerprint density at radius 3 is 3.06 bits per heavy atom. The molecule has 1 aromatic carbocycles. The summed E-state index contributed by atoms with van der Waals surface area (Å²) in [5.41, 5.74) is 1.39. The average molecular weight is 215 g/mol. The molecule has 0 radical (unpaired) electrons. The van der Waals surface area contributed by atoms with Gasteiger partial charge in [-0.2, -0.15) is 0 Å². The topological polar surface area (TPSA) is 32.3 Å². The fourth-order valence-corrected chi connectivity index (χ4v) is 2.25. The summed E-state index contributed by atoms with van der Waals surface area (Å²) in [4.78, 5) is 0. The van der Waals surface area contributed by atoms with E-state index in [1.807, 2.05) is 24.3 Å². The van der Waals surface area contributed by atoms with Crippen LogP contribution in [-0.4, -0.2) is 23.8 Å². The van der Waals surface area contributed by atoms with Crippen LogP contribution < -0.4 is 5.32 Å². The molecule has 1 aliphatic rings. The van der Waals surface area contributed by atoms with E-state index >= 15 is 0 Å². The number of rotatable bonds is 2. The highest BCUT2D eigenvalue weighted by Gasteiger charge is 2.29. The van der Waals surface area contributed by atoms with Crippen LogP contribution in [-0.2, 0) is 6.42 Å². The standard InChI is InChI=1S/C14H17NO/c1-2-12-5-3-6-13(9-12)10-14(16)7-4-8-15-11-14/h1,3,5-6,9,15-16H,4,7-8,10-11H2. The number of benzene rings is 1. The zero-order chi connectivity index (χ0) is 11.4. The van der Waals surface area contributed by atoms with Gasteiger partial charge in [-0.05, 0) is 37.1 Å².